The minimum Gasteiger partial charge on any atom is -0.312 e. The van der Waals surface area contributed by atoms with Crippen molar-refractivity contribution in [2.24, 2.45) is 0 Å². The van der Waals surface area contributed by atoms with Crippen LogP contribution in [-0.4, -0.2) is 22.8 Å². The van der Waals surface area contributed by atoms with E-state index in [1.54, 1.807) is 0 Å². The number of hydrogen-bond acceptors (Lipinski definition) is 2. The maximum atomic E-state index is 11.6. The quantitative estimate of drug-likeness (QED) is 0.809. The third kappa shape index (κ3) is 4.60. The van der Waals surface area contributed by atoms with Gasteiger partial charge in [-0.2, -0.15) is 0 Å². The first-order valence-electron chi connectivity index (χ1n) is 6.32. The van der Waals surface area contributed by atoms with E-state index >= 15 is 0 Å². The van der Waals surface area contributed by atoms with Crippen molar-refractivity contribution in [3.8, 4) is 0 Å². The van der Waals surface area contributed by atoms with Gasteiger partial charge >= 0.3 is 0 Å². The van der Waals surface area contributed by atoms with Crippen LogP contribution >= 0.6 is 0 Å². The summed E-state index contributed by atoms with van der Waals surface area (Å²) >= 11 is 0. The van der Waals surface area contributed by atoms with Crippen molar-refractivity contribution in [3.63, 3.8) is 0 Å². The molecule has 1 N–H and O–H groups in total. The molecule has 0 heterocycles. The second-order valence-electron chi connectivity index (χ2n) is 4.23. The van der Waals surface area contributed by atoms with Gasteiger partial charge in [0.2, 0.25) is 0 Å². The van der Waals surface area contributed by atoms with E-state index in [4.69, 9.17) is 0 Å². The zero-order chi connectivity index (χ0) is 12.7. The Bertz CT molecular complexity index is 348. The predicted octanol–water partition coefficient (Wildman–Crippen LogP) is 2.67. The van der Waals surface area contributed by atoms with E-state index < -0.39 is 10.8 Å². The first-order valence-corrected chi connectivity index (χ1v) is 7.81. The molecule has 0 aliphatic heterocycles. The number of aryl methyl sites for hydroxylation is 1. The fourth-order valence-corrected chi connectivity index (χ4v) is 2.82. The Labute approximate surface area is 107 Å². The monoisotopic (exact) mass is 253 g/mol. The fourth-order valence-electron chi connectivity index (χ4n) is 1.86. The topological polar surface area (TPSA) is 29.1 Å². The highest BCUT2D eigenvalue weighted by Crippen LogP contribution is 2.15. The summed E-state index contributed by atoms with van der Waals surface area (Å²) in [7, 11) is 1.20. The SMILES string of the molecule is CCCc1ccc(C(CS(=O)CC)NC)cc1. The second-order valence-corrected chi connectivity index (χ2v) is 6.02. The summed E-state index contributed by atoms with van der Waals surface area (Å²) in [4.78, 5) is 0. The lowest BCUT2D eigenvalue weighted by Gasteiger charge is -2.16. The highest BCUT2D eigenvalue weighted by molar-refractivity contribution is 7.84. The lowest BCUT2D eigenvalue weighted by molar-refractivity contribution is 0.636. The molecule has 0 saturated carbocycles. The van der Waals surface area contributed by atoms with Gasteiger partial charge in [-0.3, -0.25) is 4.21 Å². The Kier molecular flexibility index (Phi) is 6.45. The number of benzene rings is 1. The molecule has 0 aliphatic carbocycles. The van der Waals surface area contributed by atoms with Gasteiger partial charge in [-0.25, -0.2) is 0 Å². The van der Waals surface area contributed by atoms with Crippen molar-refractivity contribution in [2.75, 3.05) is 18.6 Å². The average Bonchev–Trinajstić information content (AvgIpc) is 2.37. The standard InChI is InChI=1S/C14H23NOS/c1-4-6-12-7-9-13(10-8-12)14(15-3)11-17(16)5-2/h7-10,14-15H,4-6,11H2,1-3H3. The molecule has 2 nitrogen and oxygen atoms in total. The lowest BCUT2D eigenvalue weighted by atomic mass is 10.0. The van der Waals surface area contributed by atoms with E-state index in [1.807, 2.05) is 14.0 Å². The van der Waals surface area contributed by atoms with Gasteiger partial charge in [0.25, 0.3) is 0 Å². The van der Waals surface area contributed by atoms with Crippen molar-refractivity contribution in [1.29, 1.82) is 0 Å². The van der Waals surface area contributed by atoms with Gasteiger partial charge in [-0.05, 0) is 24.6 Å². The highest BCUT2D eigenvalue weighted by atomic mass is 32.2. The molecular formula is C14H23NOS. The van der Waals surface area contributed by atoms with E-state index in [9.17, 15) is 4.21 Å². The zero-order valence-electron chi connectivity index (χ0n) is 11.0. The lowest BCUT2D eigenvalue weighted by Crippen LogP contribution is -2.23. The maximum Gasteiger partial charge on any atom is 0.0434 e. The Morgan fingerprint density at radius 1 is 1.24 bits per heavy atom. The Morgan fingerprint density at radius 2 is 1.88 bits per heavy atom. The van der Waals surface area contributed by atoms with Crippen LogP contribution in [0.25, 0.3) is 0 Å². The molecule has 17 heavy (non-hydrogen) atoms. The van der Waals surface area contributed by atoms with E-state index in [0.29, 0.717) is 5.75 Å². The van der Waals surface area contributed by atoms with E-state index in [0.717, 1.165) is 12.2 Å². The Balaban J connectivity index is 2.71. The summed E-state index contributed by atoms with van der Waals surface area (Å²) in [5.74, 6) is 1.42. The van der Waals surface area contributed by atoms with E-state index in [2.05, 4.69) is 36.5 Å². The number of rotatable bonds is 7. The van der Waals surface area contributed by atoms with Gasteiger partial charge in [0.05, 0.1) is 0 Å². The maximum absolute atomic E-state index is 11.6. The van der Waals surface area contributed by atoms with Gasteiger partial charge < -0.3 is 5.32 Å². The van der Waals surface area contributed by atoms with Gasteiger partial charge in [-0.1, -0.05) is 44.5 Å². The zero-order valence-corrected chi connectivity index (χ0v) is 11.8. The van der Waals surface area contributed by atoms with Gasteiger partial charge in [0, 0.05) is 28.3 Å². The predicted molar refractivity (Wildman–Crippen MR) is 75.8 cm³/mol. The molecule has 3 heteroatoms. The third-order valence-corrected chi connectivity index (χ3v) is 4.29. The second kappa shape index (κ2) is 7.62. The van der Waals surface area contributed by atoms with Crippen molar-refractivity contribution < 1.29 is 4.21 Å². The van der Waals surface area contributed by atoms with Crippen LogP contribution in [0.4, 0.5) is 0 Å². The first-order chi connectivity index (χ1) is 8.21. The molecule has 96 valence electrons. The summed E-state index contributed by atoms with van der Waals surface area (Å²) in [5, 5.41) is 3.24. The molecule has 0 fully saturated rings. The molecule has 1 aromatic carbocycles. The molecular weight excluding hydrogens is 230 g/mol. The fraction of sp³-hybridized carbons (Fsp3) is 0.571. The van der Waals surface area contributed by atoms with Crippen LogP contribution in [0.3, 0.4) is 0 Å². The molecule has 0 saturated heterocycles. The van der Waals surface area contributed by atoms with Crippen LogP contribution in [0.15, 0.2) is 24.3 Å². The summed E-state index contributed by atoms with van der Waals surface area (Å²) in [5.41, 5.74) is 2.61. The summed E-state index contributed by atoms with van der Waals surface area (Å²) in [6, 6.07) is 8.86. The minimum absolute atomic E-state index is 0.200. The molecule has 0 spiro atoms. The molecule has 2 unspecified atom stereocenters. The molecule has 0 aromatic heterocycles. The van der Waals surface area contributed by atoms with Crippen molar-refractivity contribution in [2.45, 2.75) is 32.7 Å². The first kappa shape index (κ1) is 14.4. The summed E-state index contributed by atoms with van der Waals surface area (Å²) in [6.45, 7) is 4.15. The van der Waals surface area contributed by atoms with Crippen LogP contribution in [0.5, 0.6) is 0 Å². The number of nitrogens with one attached hydrogen (secondary N) is 1. The number of hydrogen-bond donors (Lipinski definition) is 1. The van der Waals surface area contributed by atoms with Gasteiger partial charge in [0.1, 0.15) is 0 Å². The Hall–Kier alpha value is -0.670. The molecule has 0 aliphatic rings. The van der Waals surface area contributed by atoms with E-state index in [1.165, 1.54) is 17.5 Å². The molecule has 0 radical (unpaired) electrons. The molecule has 0 bridgehead atoms. The van der Waals surface area contributed by atoms with Crippen molar-refractivity contribution in [1.82, 2.24) is 5.32 Å². The smallest absolute Gasteiger partial charge is 0.0434 e. The Morgan fingerprint density at radius 3 is 2.35 bits per heavy atom. The largest absolute Gasteiger partial charge is 0.312 e. The van der Waals surface area contributed by atoms with Crippen LogP contribution in [-0.2, 0) is 17.2 Å². The molecule has 0 amide bonds. The molecule has 1 rings (SSSR count). The van der Waals surface area contributed by atoms with Crippen LogP contribution in [0.2, 0.25) is 0 Å². The van der Waals surface area contributed by atoms with Crippen molar-refractivity contribution in [3.05, 3.63) is 35.4 Å². The van der Waals surface area contributed by atoms with Crippen LogP contribution in [0, 0.1) is 0 Å². The minimum atomic E-state index is -0.729. The van der Waals surface area contributed by atoms with Crippen LogP contribution < -0.4 is 5.32 Å². The van der Waals surface area contributed by atoms with Gasteiger partial charge in [0.15, 0.2) is 0 Å². The summed E-state index contributed by atoms with van der Waals surface area (Å²) in [6.07, 6.45) is 2.31. The summed E-state index contributed by atoms with van der Waals surface area (Å²) < 4.78 is 11.6. The van der Waals surface area contributed by atoms with E-state index in [-0.39, 0.29) is 6.04 Å². The third-order valence-electron chi connectivity index (χ3n) is 2.94. The van der Waals surface area contributed by atoms with Gasteiger partial charge in [-0.15, -0.1) is 0 Å². The van der Waals surface area contributed by atoms with Crippen molar-refractivity contribution >= 4 is 10.8 Å². The van der Waals surface area contributed by atoms with Crippen LogP contribution in [0.1, 0.15) is 37.4 Å². The normalized spacial score (nSPS) is 14.5. The average molecular weight is 253 g/mol. The highest BCUT2D eigenvalue weighted by Gasteiger charge is 2.11. The molecule has 1 aromatic rings. The molecule has 2 atom stereocenters.